The van der Waals surface area contributed by atoms with Gasteiger partial charge in [-0.15, -0.1) is 0 Å². The van der Waals surface area contributed by atoms with Crippen LogP contribution in [0, 0.1) is 25.2 Å². The Morgan fingerprint density at radius 2 is 1.72 bits per heavy atom. The van der Waals surface area contributed by atoms with Crippen molar-refractivity contribution in [3.63, 3.8) is 0 Å². The lowest BCUT2D eigenvalue weighted by Gasteiger charge is -2.05. The summed E-state index contributed by atoms with van der Waals surface area (Å²) in [4.78, 5) is 12.8. The van der Waals surface area contributed by atoms with Crippen molar-refractivity contribution in [3.8, 4) is 23.0 Å². The number of aromatic nitrogens is 2. The first-order valence-corrected chi connectivity index (χ1v) is 10.3. The molecule has 0 atom stereocenters. The second-order valence-corrected chi connectivity index (χ2v) is 7.57. The van der Waals surface area contributed by atoms with Gasteiger partial charge in [-0.25, -0.2) is 4.68 Å². The molecule has 0 aliphatic carbocycles. The SMILES string of the molecule is Cc1ccc(-c2nn(-c3ccccc3)cc2C=C(C#N)C(=O)Nc2cccc(C)c2)cc1. The Hall–Kier alpha value is -4.43. The molecule has 0 unspecified atom stereocenters. The third kappa shape index (κ3) is 4.66. The number of nitriles is 1. The number of carbonyl (C=O) groups excluding carboxylic acids is 1. The molecule has 1 heterocycles. The average molecular weight is 419 g/mol. The summed E-state index contributed by atoms with van der Waals surface area (Å²) in [5.74, 6) is -0.458. The molecule has 3 aromatic carbocycles. The molecule has 32 heavy (non-hydrogen) atoms. The van der Waals surface area contributed by atoms with Gasteiger partial charge in [-0.3, -0.25) is 4.79 Å². The lowest BCUT2D eigenvalue weighted by molar-refractivity contribution is -0.112. The third-order valence-electron chi connectivity index (χ3n) is 5.03. The van der Waals surface area contributed by atoms with Gasteiger partial charge in [0, 0.05) is 23.0 Å². The van der Waals surface area contributed by atoms with E-state index in [9.17, 15) is 10.1 Å². The van der Waals surface area contributed by atoms with E-state index in [4.69, 9.17) is 5.10 Å². The lowest BCUT2D eigenvalue weighted by Crippen LogP contribution is -2.13. The molecule has 0 bridgehead atoms. The van der Waals surface area contributed by atoms with Crippen LogP contribution in [-0.2, 0) is 4.79 Å². The number of nitrogens with zero attached hydrogens (tertiary/aromatic N) is 3. The molecule has 5 nitrogen and oxygen atoms in total. The molecule has 1 N–H and O–H groups in total. The largest absolute Gasteiger partial charge is 0.321 e. The van der Waals surface area contributed by atoms with E-state index in [1.54, 1.807) is 16.8 Å². The van der Waals surface area contributed by atoms with Crippen LogP contribution in [0.4, 0.5) is 5.69 Å². The number of rotatable bonds is 5. The number of nitrogens with one attached hydrogen (secondary N) is 1. The van der Waals surface area contributed by atoms with E-state index < -0.39 is 5.91 Å². The molecule has 0 aliphatic heterocycles. The number of hydrogen-bond donors (Lipinski definition) is 1. The zero-order valence-corrected chi connectivity index (χ0v) is 17.9. The molecule has 1 aromatic heterocycles. The van der Waals surface area contributed by atoms with E-state index in [-0.39, 0.29) is 5.57 Å². The van der Waals surface area contributed by atoms with Gasteiger partial charge in [-0.05, 0) is 49.8 Å². The Labute approximate surface area is 187 Å². The van der Waals surface area contributed by atoms with Crippen LogP contribution in [0.3, 0.4) is 0 Å². The van der Waals surface area contributed by atoms with Crippen molar-refractivity contribution in [1.82, 2.24) is 9.78 Å². The minimum Gasteiger partial charge on any atom is -0.321 e. The van der Waals surface area contributed by atoms with Crippen molar-refractivity contribution >= 4 is 17.7 Å². The van der Waals surface area contributed by atoms with Gasteiger partial charge >= 0.3 is 0 Å². The number of carbonyl (C=O) groups is 1. The third-order valence-corrected chi connectivity index (χ3v) is 5.03. The summed E-state index contributed by atoms with van der Waals surface area (Å²) in [6, 6.07) is 27.2. The van der Waals surface area contributed by atoms with Crippen LogP contribution in [0.25, 0.3) is 23.0 Å². The predicted octanol–water partition coefficient (Wildman–Crippen LogP) is 5.70. The topological polar surface area (TPSA) is 70.7 Å². The Balaban J connectivity index is 1.75. The second-order valence-electron chi connectivity index (χ2n) is 7.57. The van der Waals surface area contributed by atoms with Crippen LogP contribution in [0.2, 0.25) is 0 Å². The smallest absolute Gasteiger partial charge is 0.266 e. The van der Waals surface area contributed by atoms with Crippen LogP contribution >= 0.6 is 0 Å². The normalized spacial score (nSPS) is 11.1. The number of benzene rings is 3. The van der Waals surface area contributed by atoms with Crippen molar-refractivity contribution < 1.29 is 4.79 Å². The standard InChI is InChI=1S/C27H22N4O/c1-19-11-13-21(14-12-19)26-23(18-31(30-26)25-9-4-3-5-10-25)16-22(17-28)27(32)29-24-8-6-7-20(2)15-24/h3-16,18H,1-2H3,(H,29,32). The number of para-hydroxylation sites is 1. The first kappa shape index (κ1) is 20.8. The Morgan fingerprint density at radius 1 is 0.969 bits per heavy atom. The summed E-state index contributed by atoms with van der Waals surface area (Å²) < 4.78 is 1.76. The van der Waals surface area contributed by atoms with Crippen molar-refractivity contribution in [1.29, 1.82) is 5.26 Å². The highest BCUT2D eigenvalue weighted by molar-refractivity contribution is 6.10. The van der Waals surface area contributed by atoms with Gasteiger partial charge in [0.15, 0.2) is 0 Å². The van der Waals surface area contributed by atoms with Crippen molar-refractivity contribution in [3.05, 3.63) is 107 Å². The van der Waals surface area contributed by atoms with Crippen LogP contribution in [0.1, 0.15) is 16.7 Å². The van der Waals surface area contributed by atoms with E-state index >= 15 is 0 Å². The predicted molar refractivity (Wildman–Crippen MR) is 127 cm³/mol. The zero-order chi connectivity index (χ0) is 22.5. The Bertz CT molecular complexity index is 1330. The van der Waals surface area contributed by atoms with Crippen LogP contribution < -0.4 is 5.32 Å². The molecule has 156 valence electrons. The molecular formula is C27H22N4O. The van der Waals surface area contributed by atoms with Gasteiger partial charge in [-0.2, -0.15) is 10.4 Å². The fourth-order valence-corrected chi connectivity index (χ4v) is 3.37. The lowest BCUT2D eigenvalue weighted by atomic mass is 10.0. The Kier molecular flexibility index (Phi) is 5.96. The molecule has 4 rings (SSSR count). The maximum Gasteiger partial charge on any atom is 0.266 e. The molecule has 0 radical (unpaired) electrons. The number of hydrogen-bond acceptors (Lipinski definition) is 3. The second kappa shape index (κ2) is 9.15. The molecule has 4 aromatic rings. The summed E-state index contributed by atoms with van der Waals surface area (Å²) in [5, 5.41) is 17.3. The molecule has 0 saturated carbocycles. The Morgan fingerprint density at radius 3 is 2.41 bits per heavy atom. The van der Waals surface area contributed by atoms with E-state index in [1.807, 2.05) is 98.9 Å². The summed E-state index contributed by atoms with van der Waals surface area (Å²) in [6.07, 6.45) is 3.43. The molecule has 1 amide bonds. The van der Waals surface area contributed by atoms with E-state index in [1.165, 1.54) is 0 Å². The van der Waals surface area contributed by atoms with Crippen molar-refractivity contribution in [2.45, 2.75) is 13.8 Å². The van der Waals surface area contributed by atoms with Crippen LogP contribution in [0.15, 0.2) is 90.6 Å². The minimum atomic E-state index is -0.458. The van der Waals surface area contributed by atoms with Crippen LogP contribution in [0.5, 0.6) is 0 Å². The molecule has 0 fully saturated rings. The molecule has 0 spiro atoms. The van der Waals surface area contributed by atoms with Gasteiger partial charge in [0.05, 0.1) is 11.4 Å². The monoisotopic (exact) mass is 418 g/mol. The summed E-state index contributed by atoms with van der Waals surface area (Å²) >= 11 is 0. The quantitative estimate of drug-likeness (QED) is 0.334. The van der Waals surface area contributed by atoms with E-state index in [2.05, 4.69) is 5.32 Å². The van der Waals surface area contributed by atoms with Gasteiger partial charge in [-0.1, -0.05) is 60.2 Å². The molecule has 5 heteroatoms. The highest BCUT2D eigenvalue weighted by Gasteiger charge is 2.15. The molecule has 0 saturated heterocycles. The first-order valence-electron chi connectivity index (χ1n) is 10.3. The molecular weight excluding hydrogens is 396 g/mol. The number of amides is 1. The van der Waals surface area contributed by atoms with Gasteiger partial charge < -0.3 is 5.32 Å². The van der Waals surface area contributed by atoms with Crippen molar-refractivity contribution in [2.75, 3.05) is 5.32 Å². The highest BCUT2D eigenvalue weighted by Crippen LogP contribution is 2.26. The van der Waals surface area contributed by atoms with Gasteiger partial charge in [0.25, 0.3) is 5.91 Å². The van der Waals surface area contributed by atoms with Gasteiger partial charge in [0.2, 0.25) is 0 Å². The van der Waals surface area contributed by atoms with E-state index in [0.717, 1.165) is 22.4 Å². The minimum absolute atomic E-state index is 0.00693. The maximum absolute atomic E-state index is 12.8. The summed E-state index contributed by atoms with van der Waals surface area (Å²) in [5.41, 5.74) is 6.01. The highest BCUT2D eigenvalue weighted by atomic mass is 16.1. The zero-order valence-electron chi connectivity index (χ0n) is 17.9. The fourth-order valence-electron chi connectivity index (χ4n) is 3.37. The first-order chi connectivity index (χ1) is 15.5. The maximum atomic E-state index is 12.8. The summed E-state index contributed by atoms with van der Waals surface area (Å²) in [7, 11) is 0. The average Bonchev–Trinajstić information content (AvgIpc) is 3.22. The fraction of sp³-hybridized carbons (Fsp3) is 0.0741. The van der Waals surface area contributed by atoms with E-state index in [0.29, 0.717) is 16.9 Å². The summed E-state index contributed by atoms with van der Waals surface area (Å²) in [6.45, 7) is 3.97. The van der Waals surface area contributed by atoms with Crippen LogP contribution in [-0.4, -0.2) is 15.7 Å². The van der Waals surface area contributed by atoms with Gasteiger partial charge in [0.1, 0.15) is 11.6 Å². The molecule has 0 aliphatic rings. The van der Waals surface area contributed by atoms with Crippen molar-refractivity contribution in [2.24, 2.45) is 0 Å². The number of aryl methyl sites for hydroxylation is 2. The number of anilines is 1.